The summed E-state index contributed by atoms with van der Waals surface area (Å²) >= 11 is 1.19. The number of primary amides is 1. The van der Waals surface area contributed by atoms with Crippen LogP contribution in [0, 0.1) is 0 Å². The van der Waals surface area contributed by atoms with Crippen molar-refractivity contribution in [3.05, 3.63) is 19.0 Å². The van der Waals surface area contributed by atoms with Crippen molar-refractivity contribution in [3.8, 4) is 0 Å². The highest BCUT2D eigenvalue weighted by Crippen LogP contribution is 2.20. The minimum Gasteiger partial charge on any atom is -0.351 e. The summed E-state index contributed by atoms with van der Waals surface area (Å²) in [6, 6.07) is -0.866. The van der Waals surface area contributed by atoms with Gasteiger partial charge in [-0.05, 0) is 6.92 Å². The van der Waals surface area contributed by atoms with Gasteiger partial charge in [0.05, 0.1) is 5.25 Å². The fourth-order valence-electron chi connectivity index (χ4n) is 1.03. The lowest BCUT2D eigenvalue weighted by atomic mass is 10.4. The summed E-state index contributed by atoms with van der Waals surface area (Å²) in [5.74, 6) is -0.462. The van der Waals surface area contributed by atoms with E-state index in [1.54, 1.807) is 23.9 Å². The van der Waals surface area contributed by atoms with Gasteiger partial charge in [-0.2, -0.15) is 0 Å². The van der Waals surface area contributed by atoms with Crippen LogP contribution in [0.4, 0.5) is 4.79 Å². The average Bonchev–Trinajstić information content (AvgIpc) is 2.65. The number of thioether (sulfide) groups is 1. The maximum atomic E-state index is 11.4. The molecule has 92 valence electrons. The molecule has 0 bridgehead atoms. The smallest absolute Gasteiger partial charge is 0.318 e. The number of carbonyl (C=O) groups is 2. The molecule has 0 spiro atoms. The lowest BCUT2D eigenvalue weighted by Gasteiger charge is -2.09. The van der Waals surface area contributed by atoms with Gasteiger partial charge in [0.2, 0.25) is 5.91 Å². The van der Waals surface area contributed by atoms with Gasteiger partial charge in [0, 0.05) is 6.54 Å². The van der Waals surface area contributed by atoms with Crippen LogP contribution in [0.5, 0.6) is 0 Å². The molecule has 0 aromatic carbocycles. The molecule has 0 fully saturated rings. The van der Waals surface area contributed by atoms with Crippen LogP contribution >= 0.6 is 11.8 Å². The number of hydrogen-bond acceptors (Lipinski definition) is 5. The van der Waals surface area contributed by atoms with Crippen LogP contribution in [0.3, 0.4) is 0 Å². The molecule has 0 aliphatic rings. The topological polar surface area (TPSA) is 103 Å². The SMILES string of the molecule is C=CCn1cnnc1S[C@@H](C)C(=O)NC(N)=O. The molecule has 8 heteroatoms. The number of nitrogens with one attached hydrogen (secondary N) is 1. The first-order chi connectivity index (χ1) is 8.04. The Morgan fingerprint density at radius 1 is 1.76 bits per heavy atom. The molecule has 3 N–H and O–H groups in total. The summed E-state index contributed by atoms with van der Waals surface area (Å²) in [7, 11) is 0. The standard InChI is InChI=1S/C9H13N5O2S/c1-3-4-14-5-11-13-9(14)17-6(2)7(15)12-8(10)16/h3,5-6H,1,4H2,2H3,(H3,10,12,15,16)/t6-/m0/s1. The molecule has 1 rings (SSSR count). The van der Waals surface area contributed by atoms with E-state index in [9.17, 15) is 9.59 Å². The van der Waals surface area contributed by atoms with Gasteiger partial charge in [0.25, 0.3) is 0 Å². The normalized spacial score (nSPS) is 11.8. The quantitative estimate of drug-likeness (QED) is 0.575. The molecule has 0 saturated heterocycles. The number of rotatable bonds is 5. The van der Waals surface area contributed by atoms with E-state index in [0.717, 1.165) is 0 Å². The summed E-state index contributed by atoms with van der Waals surface area (Å²) in [4.78, 5) is 22.0. The molecule has 1 heterocycles. The number of allylic oxidation sites excluding steroid dienone is 1. The molecule has 7 nitrogen and oxygen atoms in total. The van der Waals surface area contributed by atoms with Gasteiger partial charge in [0.15, 0.2) is 5.16 Å². The third-order valence-electron chi connectivity index (χ3n) is 1.80. The van der Waals surface area contributed by atoms with E-state index in [4.69, 9.17) is 5.73 Å². The van der Waals surface area contributed by atoms with Crippen LogP contribution in [-0.4, -0.2) is 32.0 Å². The molecule has 0 saturated carbocycles. The van der Waals surface area contributed by atoms with E-state index in [1.807, 2.05) is 5.32 Å². The maximum Gasteiger partial charge on any atom is 0.318 e. The van der Waals surface area contributed by atoms with E-state index in [0.29, 0.717) is 11.7 Å². The monoisotopic (exact) mass is 255 g/mol. The molecule has 0 aliphatic heterocycles. The van der Waals surface area contributed by atoms with Crippen molar-refractivity contribution in [1.82, 2.24) is 20.1 Å². The Bertz CT molecular complexity index is 431. The lowest BCUT2D eigenvalue weighted by molar-refractivity contribution is -0.119. The van der Waals surface area contributed by atoms with E-state index in [1.165, 1.54) is 11.8 Å². The van der Waals surface area contributed by atoms with Crippen LogP contribution < -0.4 is 11.1 Å². The minimum atomic E-state index is -0.866. The van der Waals surface area contributed by atoms with Gasteiger partial charge in [-0.25, -0.2) is 4.79 Å². The molecule has 3 amide bonds. The first-order valence-electron chi connectivity index (χ1n) is 4.80. The molecular weight excluding hydrogens is 242 g/mol. The van der Waals surface area contributed by atoms with Crippen LogP contribution in [0.2, 0.25) is 0 Å². The summed E-state index contributed by atoms with van der Waals surface area (Å²) in [5, 5.41) is 9.70. The van der Waals surface area contributed by atoms with Crippen molar-refractivity contribution in [2.45, 2.75) is 23.9 Å². The van der Waals surface area contributed by atoms with Crippen molar-refractivity contribution in [2.75, 3.05) is 0 Å². The van der Waals surface area contributed by atoms with Gasteiger partial charge in [-0.1, -0.05) is 17.8 Å². The highest BCUT2D eigenvalue weighted by molar-refractivity contribution is 8.00. The summed E-state index contributed by atoms with van der Waals surface area (Å²) in [5.41, 5.74) is 4.86. The molecule has 0 unspecified atom stereocenters. The largest absolute Gasteiger partial charge is 0.351 e. The summed E-state index contributed by atoms with van der Waals surface area (Å²) < 4.78 is 1.74. The Morgan fingerprint density at radius 3 is 3.06 bits per heavy atom. The van der Waals surface area contributed by atoms with Gasteiger partial charge in [-0.15, -0.1) is 16.8 Å². The van der Waals surface area contributed by atoms with Gasteiger partial charge in [-0.3, -0.25) is 10.1 Å². The lowest BCUT2D eigenvalue weighted by Crippen LogP contribution is -2.39. The fraction of sp³-hybridized carbons (Fsp3) is 0.333. The van der Waals surface area contributed by atoms with Gasteiger partial charge >= 0.3 is 6.03 Å². The zero-order valence-electron chi connectivity index (χ0n) is 9.29. The summed E-state index contributed by atoms with van der Waals surface area (Å²) in [6.07, 6.45) is 3.24. The maximum absolute atomic E-state index is 11.4. The molecule has 1 aromatic rings. The van der Waals surface area contributed by atoms with E-state index < -0.39 is 17.2 Å². The van der Waals surface area contributed by atoms with E-state index >= 15 is 0 Å². The fourth-order valence-corrected chi connectivity index (χ4v) is 1.87. The van der Waals surface area contributed by atoms with E-state index in [-0.39, 0.29) is 0 Å². The first-order valence-corrected chi connectivity index (χ1v) is 5.68. The van der Waals surface area contributed by atoms with Crippen LogP contribution in [0.25, 0.3) is 0 Å². The predicted molar refractivity (Wildman–Crippen MR) is 63.3 cm³/mol. The third-order valence-corrected chi connectivity index (χ3v) is 2.90. The van der Waals surface area contributed by atoms with E-state index in [2.05, 4.69) is 16.8 Å². The van der Waals surface area contributed by atoms with Crippen molar-refractivity contribution in [1.29, 1.82) is 0 Å². The Labute approximate surface area is 102 Å². The van der Waals surface area contributed by atoms with Crippen molar-refractivity contribution < 1.29 is 9.59 Å². The molecule has 0 aliphatic carbocycles. The zero-order valence-corrected chi connectivity index (χ0v) is 10.1. The van der Waals surface area contributed by atoms with Crippen LogP contribution in [-0.2, 0) is 11.3 Å². The third kappa shape index (κ3) is 3.91. The molecule has 0 radical (unpaired) electrons. The van der Waals surface area contributed by atoms with Crippen LogP contribution in [0.1, 0.15) is 6.92 Å². The highest BCUT2D eigenvalue weighted by atomic mass is 32.2. The second-order valence-corrected chi connectivity index (χ2v) is 4.48. The number of urea groups is 1. The number of nitrogens with zero attached hydrogens (tertiary/aromatic N) is 3. The number of carbonyl (C=O) groups excluding carboxylic acids is 2. The van der Waals surface area contributed by atoms with Crippen LogP contribution in [0.15, 0.2) is 24.1 Å². The second kappa shape index (κ2) is 6.04. The molecule has 17 heavy (non-hydrogen) atoms. The summed E-state index contributed by atoms with van der Waals surface area (Å²) in [6.45, 7) is 5.81. The number of aromatic nitrogens is 3. The van der Waals surface area contributed by atoms with Crippen molar-refractivity contribution in [2.24, 2.45) is 5.73 Å². The number of imide groups is 1. The van der Waals surface area contributed by atoms with Crippen molar-refractivity contribution in [3.63, 3.8) is 0 Å². The molecular formula is C9H13N5O2S. The Hall–Kier alpha value is -1.83. The minimum absolute atomic E-state index is 0.462. The second-order valence-electron chi connectivity index (χ2n) is 3.17. The highest BCUT2D eigenvalue weighted by Gasteiger charge is 2.18. The van der Waals surface area contributed by atoms with Gasteiger partial charge in [0.1, 0.15) is 6.33 Å². The molecule has 1 atom stereocenters. The number of hydrogen-bond donors (Lipinski definition) is 2. The average molecular weight is 255 g/mol. The molecule has 1 aromatic heterocycles. The number of nitrogens with two attached hydrogens (primary N) is 1. The Kier molecular flexibility index (Phi) is 4.70. The predicted octanol–water partition coefficient (Wildman–Crippen LogP) is 0.140. The van der Waals surface area contributed by atoms with Gasteiger partial charge < -0.3 is 10.3 Å². The van der Waals surface area contributed by atoms with Crippen molar-refractivity contribution >= 4 is 23.7 Å². The first kappa shape index (κ1) is 13.2. The Morgan fingerprint density at radius 2 is 2.47 bits per heavy atom. The zero-order chi connectivity index (χ0) is 12.8. The Balaban J connectivity index is 2.63. The number of amides is 3.